The van der Waals surface area contributed by atoms with Crippen molar-refractivity contribution < 1.29 is 38.2 Å². The summed E-state index contributed by atoms with van der Waals surface area (Å²) in [5, 5.41) is 2.59. The number of hydrogen-bond donors (Lipinski definition) is 0. The number of carbonyl (C=O) groups is 2. The zero-order valence-electron chi connectivity index (χ0n) is 24.3. The van der Waals surface area contributed by atoms with Crippen LogP contribution in [0.3, 0.4) is 0 Å². The molecule has 224 valence electrons. The number of allylic oxidation sites excluding steroid dienone is 1. The van der Waals surface area contributed by atoms with Crippen LogP contribution in [0.5, 0.6) is 11.5 Å². The van der Waals surface area contributed by atoms with Gasteiger partial charge in [-0.1, -0.05) is 29.3 Å². The van der Waals surface area contributed by atoms with Gasteiger partial charge in [0.25, 0.3) is 11.8 Å². The summed E-state index contributed by atoms with van der Waals surface area (Å²) in [4.78, 5) is 36.5. The molecule has 0 saturated carbocycles. The average molecular weight is 612 g/mol. The smallest absolute Gasteiger partial charge is 0.280 e. The predicted molar refractivity (Wildman–Crippen MR) is 155 cm³/mol. The Morgan fingerprint density at radius 3 is 1.68 bits per heavy atom. The highest BCUT2D eigenvalue weighted by atomic mass is 35.5. The number of ether oxygens (including phenoxy) is 4. The van der Waals surface area contributed by atoms with Gasteiger partial charge < -0.3 is 18.9 Å². The largest absolute Gasteiger partial charge is 0.494 e. The lowest BCUT2D eigenvalue weighted by molar-refractivity contribution is -0.147. The third-order valence-corrected chi connectivity index (χ3v) is 7.34. The van der Waals surface area contributed by atoms with Crippen molar-refractivity contribution >= 4 is 40.6 Å². The standard InChI is InChI=1S/C29H36Cl2N2O8/c1-29(40-12-13-41-29)11-9-8-10-20(18-14-21(27(34)32(2)38-6)25(36-4)23(30)16-18)19-15-22(28(35)33(3)39-7)26(37-5)24(31)17-19/h10,14-17H,8-9,11-13H2,1-7H3. The van der Waals surface area contributed by atoms with Gasteiger partial charge in [-0.25, -0.2) is 10.1 Å². The number of methoxy groups -OCH3 is 2. The lowest BCUT2D eigenvalue weighted by atomic mass is 9.92. The van der Waals surface area contributed by atoms with E-state index in [2.05, 4.69) is 0 Å². The summed E-state index contributed by atoms with van der Waals surface area (Å²) in [6.45, 7) is 3.04. The Hall–Kier alpha value is -2.86. The molecule has 0 radical (unpaired) electrons. The molecule has 2 aromatic rings. The number of hydrogen-bond acceptors (Lipinski definition) is 8. The van der Waals surface area contributed by atoms with Gasteiger partial charge in [-0.3, -0.25) is 19.3 Å². The highest BCUT2D eigenvalue weighted by Crippen LogP contribution is 2.39. The van der Waals surface area contributed by atoms with Gasteiger partial charge in [0.2, 0.25) is 0 Å². The number of hydroxylamine groups is 4. The minimum absolute atomic E-state index is 0.195. The third kappa shape index (κ3) is 7.51. The normalized spacial score (nSPS) is 14.0. The minimum atomic E-state index is -0.629. The monoisotopic (exact) mass is 610 g/mol. The topological polar surface area (TPSA) is 96.0 Å². The molecule has 0 atom stereocenters. The fraction of sp³-hybridized carbons (Fsp3) is 0.448. The van der Waals surface area contributed by atoms with Crippen LogP contribution in [0.4, 0.5) is 0 Å². The van der Waals surface area contributed by atoms with Crippen molar-refractivity contribution in [2.45, 2.75) is 32.0 Å². The molecule has 1 saturated heterocycles. The highest BCUT2D eigenvalue weighted by Gasteiger charge is 2.30. The number of unbranched alkanes of at least 4 members (excludes halogenated alkanes) is 1. The summed E-state index contributed by atoms with van der Waals surface area (Å²) in [7, 11) is 8.61. The molecule has 2 aromatic carbocycles. The van der Waals surface area contributed by atoms with Crippen molar-refractivity contribution in [1.29, 1.82) is 0 Å². The summed E-state index contributed by atoms with van der Waals surface area (Å²) in [6, 6.07) is 6.72. The fourth-order valence-corrected chi connectivity index (χ4v) is 5.10. The molecule has 0 bridgehead atoms. The first kappa shape index (κ1) is 32.7. The molecule has 0 aliphatic carbocycles. The van der Waals surface area contributed by atoms with E-state index in [1.807, 2.05) is 13.0 Å². The molecule has 2 amide bonds. The van der Waals surface area contributed by atoms with Crippen LogP contribution in [-0.2, 0) is 19.1 Å². The number of nitrogens with zero attached hydrogens (tertiary/aromatic N) is 2. The van der Waals surface area contributed by atoms with Gasteiger partial charge in [-0.15, -0.1) is 0 Å². The van der Waals surface area contributed by atoms with Gasteiger partial charge in [-0.05, 0) is 60.7 Å². The van der Waals surface area contributed by atoms with Gasteiger partial charge in [-0.2, -0.15) is 0 Å². The van der Waals surface area contributed by atoms with Gasteiger partial charge in [0.05, 0.1) is 62.8 Å². The number of benzene rings is 2. The molecule has 0 unspecified atom stereocenters. The van der Waals surface area contributed by atoms with E-state index >= 15 is 0 Å². The quantitative estimate of drug-likeness (QED) is 0.225. The van der Waals surface area contributed by atoms with Crippen LogP contribution in [-0.4, -0.2) is 83.5 Å². The average Bonchev–Trinajstić information content (AvgIpc) is 3.40. The summed E-state index contributed by atoms with van der Waals surface area (Å²) >= 11 is 13.2. The zero-order chi connectivity index (χ0) is 30.3. The molecular formula is C29H36Cl2N2O8. The molecule has 12 heteroatoms. The van der Waals surface area contributed by atoms with E-state index in [1.54, 1.807) is 24.3 Å². The highest BCUT2D eigenvalue weighted by molar-refractivity contribution is 6.33. The molecule has 3 rings (SSSR count). The maximum absolute atomic E-state index is 13.2. The van der Waals surface area contributed by atoms with E-state index in [0.29, 0.717) is 42.8 Å². The maximum Gasteiger partial charge on any atom is 0.280 e. The third-order valence-electron chi connectivity index (χ3n) is 6.78. The Balaban J connectivity index is 2.18. The van der Waals surface area contributed by atoms with Crippen LogP contribution in [0.1, 0.15) is 58.0 Å². The summed E-state index contributed by atoms with van der Waals surface area (Å²) in [5.41, 5.74) is 2.27. The Labute approximate surface area is 250 Å². The Bertz CT molecular complexity index is 1210. The summed E-state index contributed by atoms with van der Waals surface area (Å²) in [5.74, 6) is -1.13. The van der Waals surface area contributed by atoms with E-state index in [0.717, 1.165) is 16.5 Å². The number of amides is 2. The molecule has 1 aliphatic rings. The van der Waals surface area contributed by atoms with E-state index < -0.39 is 17.6 Å². The summed E-state index contributed by atoms with van der Waals surface area (Å²) < 4.78 is 22.4. The van der Waals surface area contributed by atoms with E-state index in [4.69, 9.17) is 51.8 Å². The number of rotatable bonds is 12. The van der Waals surface area contributed by atoms with E-state index in [9.17, 15) is 9.59 Å². The van der Waals surface area contributed by atoms with Crippen molar-refractivity contribution in [1.82, 2.24) is 10.1 Å². The fourth-order valence-electron chi connectivity index (χ4n) is 4.51. The van der Waals surface area contributed by atoms with Crippen LogP contribution in [0.2, 0.25) is 10.0 Å². The van der Waals surface area contributed by atoms with Crippen LogP contribution >= 0.6 is 23.2 Å². The Morgan fingerprint density at radius 2 is 1.29 bits per heavy atom. The van der Waals surface area contributed by atoms with Crippen molar-refractivity contribution in [3.8, 4) is 11.5 Å². The van der Waals surface area contributed by atoms with Crippen LogP contribution < -0.4 is 9.47 Å². The molecule has 0 N–H and O–H groups in total. The SMILES string of the molecule is COc1c(Cl)cc(C(=CCCCC2(C)OCCO2)c2cc(Cl)c(OC)c(C(=O)N(C)OC)c2)cc1C(=O)N(C)OC. The molecule has 0 spiro atoms. The van der Waals surface area contributed by atoms with E-state index in [-0.39, 0.29) is 32.7 Å². The van der Waals surface area contributed by atoms with Crippen LogP contribution in [0.25, 0.3) is 5.57 Å². The van der Waals surface area contributed by atoms with Gasteiger partial charge in [0.15, 0.2) is 5.79 Å². The lowest BCUT2D eigenvalue weighted by Gasteiger charge is -2.22. The second kappa shape index (κ2) is 14.4. The molecular weight excluding hydrogens is 575 g/mol. The molecule has 1 heterocycles. The van der Waals surface area contributed by atoms with Gasteiger partial charge in [0.1, 0.15) is 11.5 Å². The van der Waals surface area contributed by atoms with Crippen LogP contribution in [0, 0.1) is 0 Å². The molecule has 41 heavy (non-hydrogen) atoms. The lowest BCUT2D eigenvalue weighted by Crippen LogP contribution is -2.26. The first-order chi connectivity index (χ1) is 19.5. The molecule has 0 aromatic heterocycles. The maximum atomic E-state index is 13.2. The first-order valence-corrected chi connectivity index (χ1v) is 13.6. The van der Waals surface area contributed by atoms with Crippen molar-refractivity contribution in [3.63, 3.8) is 0 Å². The molecule has 10 nitrogen and oxygen atoms in total. The van der Waals surface area contributed by atoms with Crippen LogP contribution in [0.15, 0.2) is 30.3 Å². The van der Waals surface area contributed by atoms with Crippen molar-refractivity contribution in [3.05, 3.63) is 62.6 Å². The predicted octanol–water partition coefficient (Wildman–Crippen LogP) is 5.64. The second-order valence-electron chi connectivity index (χ2n) is 9.39. The zero-order valence-corrected chi connectivity index (χ0v) is 25.9. The number of halogens is 2. The van der Waals surface area contributed by atoms with Gasteiger partial charge in [0, 0.05) is 20.5 Å². The first-order valence-electron chi connectivity index (χ1n) is 12.9. The second-order valence-corrected chi connectivity index (χ2v) is 10.2. The molecule has 1 fully saturated rings. The summed E-state index contributed by atoms with van der Waals surface area (Å²) in [6.07, 6.45) is 4.03. The number of carbonyl (C=O) groups excluding carboxylic acids is 2. The van der Waals surface area contributed by atoms with Crippen molar-refractivity contribution in [2.24, 2.45) is 0 Å². The Kier molecular flexibility index (Phi) is 11.4. The van der Waals surface area contributed by atoms with Crippen molar-refractivity contribution in [2.75, 3.05) is 55.7 Å². The molecule has 1 aliphatic heterocycles. The Morgan fingerprint density at radius 1 is 0.854 bits per heavy atom. The van der Waals surface area contributed by atoms with Gasteiger partial charge >= 0.3 is 0 Å². The minimum Gasteiger partial charge on any atom is -0.494 e. The van der Waals surface area contributed by atoms with E-state index in [1.165, 1.54) is 42.5 Å².